The monoisotopic (exact) mass is 607 g/mol. The van der Waals surface area contributed by atoms with E-state index in [-0.39, 0.29) is 28.5 Å². The van der Waals surface area contributed by atoms with Crippen molar-refractivity contribution in [2.45, 2.75) is 39.7 Å². The van der Waals surface area contributed by atoms with Crippen LogP contribution in [0.5, 0.6) is 0 Å². The molecule has 206 valence electrons. The number of nitrogens with one attached hydrogen (secondary N) is 1. The Balaban J connectivity index is 1.52. The van der Waals surface area contributed by atoms with Crippen molar-refractivity contribution >= 4 is 77.1 Å². The molecule has 0 saturated carbocycles. The van der Waals surface area contributed by atoms with Gasteiger partial charge in [-0.1, -0.05) is 35.8 Å². The lowest BCUT2D eigenvalue weighted by Gasteiger charge is -2.18. The molecule has 2 aromatic heterocycles. The number of thiophene rings is 1. The van der Waals surface area contributed by atoms with Gasteiger partial charge in [-0.2, -0.15) is 4.99 Å². The minimum absolute atomic E-state index is 0.120. The van der Waals surface area contributed by atoms with Crippen LogP contribution in [0.15, 0.2) is 23.2 Å². The van der Waals surface area contributed by atoms with Crippen LogP contribution in [0.2, 0.25) is 5.02 Å². The molecule has 4 rings (SSSR count). The van der Waals surface area contributed by atoms with E-state index in [1.807, 2.05) is 0 Å². The van der Waals surface area contributed by atoms with Gasteiger partial charge < -0.3 is 14.6 Å². The maximum Gasteiger partial charge on any atom is 0.341 e. The minimum atomic E-state index is -4.17. The van der Waals surface area contributed by atoms with Crippen molar-refractivity contribution in [2.75, 3.05) is 23.4 Å². The number of carbonyl (C=O) groups is 3. The summed E-state index contributed by atoms with van der Waals surface area (Å²) in [6.45, 7) is 4.09. The molecular weight excluding hydrogens is 582 g/mol. The first-order valence-electron chi connectivity index (χ1n) is 12.1. The molecule has 2 amide bonds. The number of thiazole rings is 1. The lowest BCUT2D eigenvalue weighted by Crippen LogP contribution is -2.28. The lowest BCUT2D eigenvalue weighted by atomic mass is 9.88. The Hall–Kier alpha value is -2.98. The summed E-state index contributed by atoms with van der Waals surface area (Å²) in [7, 11) is -4.17. The molecule has 1 atom stereocenters. The number of aromatic nitrogens is 1. The van der Waals surface area contributed by atoms with Crippen molar-refractivity contribution < 1.29 is 27.5 Å². The van der Waals surface area contributed by atoms with Crippen LogP contribution in [0.1, 0.15) is 41.1 Å². The van der Waals surface area contributed by atoms with Gasteiger partial charge in [-0.15, -0.1) is 17.8 Å². The number of benzene rings is 1. The van der Waals surface area contributed by atoms with Gasteiger partial charge in [0.25, 0.3) is 5.91 Å². The summed E-state index contributed by atoms with van der Waals surface area (Å²) in [5, 5.41) is 3.33. The van der Waals surface area contributed by atoms with Crippen LogP contribution in [0.3, 0.4) is 0 Å². The van der Waals surface area contributed by atoms with Gasteiger partial charge >= 0.3 is 5.97 Å². The number of halogens is 1. The van der Waals surface area contributed by atoms with Gasteiger partial charge in [0.15, 0.2) is 14.6 Å². The fourth-order valence-corrected chi connectivity index (χ4v) is 8.13. The zero-order valence-electron chi connectivity index (χ0n) is 21.3. The number of carbonyl (C=O) groups excluding carboxylic acids is 3. The van der Waals surface area contributed by atoms with Gasteiger partial charge in [0, 0.05) is 9.90 Å². The van der Waals surface area contributed by atoms with Crippen molar-refractivity contribution in [1.29, 1.82) is 0 Å². The maximum absolute atomic E-state index is 12.8. The van der Waals surface area contributed by atoms with Crippen LogP contribution < -0.4 is 10.1 Å². The molecule has 0 bridgehead atoms. The first-order valence-corrected chi connectivity index (χ1v) is 16.0. The number of anilines is 1. The van der Waals surface area contributed by atoms with E-state index in [4.69, 9.17) is 22.8 Å². The van der Waals surface area contributed by atoms with Gasteiger partial charge in [-0.05, 0) is 55.9 Å². The number of fused-ring (bicyclic) bond motifs is 2. The van der Waals surface area contributed by atoms with E-state index in [0.717, 1.165) is 39.3 Å². The summed E-state index contributed by atoms with van der Waals surface area (Å²) in [6, 6.07) is 5.12. The molecule has 0 spiro atoms. The second kappa shape index (κ2) is 12.0. The molecule has 0 radical (unpaired) electrons. The second-order valence-electron chi connectivity index (χ2n) is 9.15. The van der Waals surface area contributed by atoms with Crippen molar-refractivity contribution in [2.24, 2.45) is 10.9 Å². The standard InChI is InChI=1S/C26H26ClN3O6S3/c1-4-10-30-18-9-7-16(27)12-20(18)38-26(30)29-22(32)14-39(34,35)13-21(31)28-24-23(25(33)36-5-2)17-8-6-15(3)11-19(17)37-24/h1,7,9,12,15H,5-6,8,10-11,13-14H2,2-3H3,(H,28,31). The molecule has 13 heteroatoms. The normalized spacial score (nSPS) is 15.5. The zero-order valence-corrected chi connectivity index (χ0v) is 24.5. The highest BCUT2D eigenvalue weighted by Crippen LogP contribution is 2.40. The molecule has 9 nitrogen and oxygen atoms in total. The molecule has 1 aliphatic carbocycles. The summed E-state index contributed by atoms with van der Waals surface area (Å²) in [5.74, 6) is -1.32. The van der Waals surface area contributed by atoms with Crippen LogP contribution in [-0.2, 0) is 43.5 Å². The average molecular weight is 608 g/mol. The summed E-state index contributed by atoms with van der Waals surface area (Å²) >= 11 is 8.46. The first-order chi connectivity index (χ1) is 18.5. The number of rotatable bonds is 8. The number of sulfone groups is 1. The fourth-order valence-electron chi connectivity index (χ4n) is 4.38. The lowest BCUT2D eigenvalue weighted by molar-refractivity contribution is -0.115. The molecule has 0 saturated heterocycles. The van der Waals surface area contributed by atoms with E-state index in [0.29, 0.717) is 22.9 Å². The third kappa shape index (κ3) is 6.78. The summed E-state index contributed by atoms with van der Waals surface area (Å²) in [5.41, 5.74) is 1.83. The summed E-state index contributed by atoms with van der Waals surface area (Å²) in [4.78, 5) is 43.2. The van der Waals surface area contributed by atoms with Crippen molar-refractivity contribution in [1.82, 2.24) is 4.57 Å². The Bertz CT molecular complexity index is 1680. The predicted octanol–water partition coefficient (Wildman–Crippen LogP) is 3.83. The van der Waals surface area contributed by atoms with Crippen LogP contribution in [-0.4, -0.2) is 48.9 Å². The van der Waals surface area contributed by atoms with Crippen molar-refractivity contribution in [3.05, 3.63) is 44.0 Å². The number of hydrogen-bond donors (Lipinski definition) is 1. The van der Waals surface area contributed by atoms with Crippen LogP contribution >= 0.6 is 34.3 Å². The minimum Gasteiger partial charge on any atom is -0.462 e. The van der Waals surface area contributed by atoms with E-state index >= 15 is 0 Å². The number of amides is 2. The Morgan fingerprint density at radius 3 is 2.77 bits per heavy atom. The van der Waals surface area contributed by atoms with Gasteiger partial charge in [0.1, 0.15) is 16.5 Å². The smallest absolute Gasteiger partial charge is 0.341 e. The number of terminal acetylenes is 1. The highest BCUT2D eigenvalue weighted by atomic mass is 35.5. The van der Waals surface area contributed by atoms with Crippen molar-refractivity contribution in [3.63, 3.8) is 0 Å². The molecule has 1 unspecified atom stereocenters. The molecule has 39 heavy (non-hydrogen) atoms. The number of esters is 1. The molecule has 1 N–H and O–H groups in total. The molecular formula is C26H26ClN3O6S3. The zero-order chi connectivity index (χ0) is 28.3. The Morgan fingerprint density at radius 2 is 2.05 bits per heavy atom. The van der Waals surface area contributed by atoms with Gasteiger partial charge in [0.2, 0.25) is 5.91 Å². The Labute approximate surface area is 238 Å². The second-order valence-corrected chi connectivity index (χ2v) is 13.8. The first kappa shape index (κ1) is 29.0. The number of ether oxygens (including phenoxy) is 1. The van der Waals surface area contributed by atoms with Crippen LogP contribution in [0.4, 0.5) is 5.00 Å². The largest absolute Gasteiger partial charge is 0.462 e. The molecule has 1 aromatic carbocycles. The quantitative estimate of drug-likeness (QED) is 0.307. The van der Waals surface area contributed by atoms with E-state index in [1.165, 1.54) is 11.3 Å². The van der Waals surface area contributed by atoms with Crippen LogP contribution in [0.25, 0.3) is 10.2 Å². The van der Waals surface area contributed by atoms with E-state index < -0.39 is 39.1 Å². The third-order valence-electron chi connectivity index (χ3n) is 6.05. The highest BCUT2D eigenvalue weighted by Gasteiger charge is 2.30. The SMILES string of the molecule is C#CCn1c(=NC(=O)CS(=O)(=O)CC(=O)Nc2sc3c(c2C(=O)OCC)CCC(C)C3)sc2cc(Cl)ccc21. The molecule has 3 aromatic rings. The average Bonchev–Trinajstić information content (AvgIpc) is 3.34. The van der Waals surface area contributed by atoms with Crippen LogP contribution in [0, 0.1) is 18.3 Å². The summed E-state index contributed by atoms with van der Waals surface area (Å²) < 4.78 is 33.0. The number of hydrogen-bond acceptors (Lipinski definition) is 8. The molecule has 2 heterocycles. The van der Waals surface area contributed by atoms with E-state index in [2.05, 4.69) is 23.2 Å². The van der Waals surface area contributed by atoms with Gasteiger partial charge in [-0.3, -0.25) is 9.59 Å². The topological polar surface area (TPSA) is 124 Å². The Kier molecular flexibility index (Phi) is 8.96. The highest BCUT2D eigenvalue weighted by molar-refractivity contribution is 7.92. The predicted molar refractivity (Wildman–Crippen MR) is 153 cm³/mol. The Morgan fingerprint density at radius 1 is 1.28 bits per heavy atom. The summed E-state index contributed by atoms with van der Waals surface area (Å²) in [6.07, 6.45) is 7.80. The molecule has 1 aliphatic rings. The van der Waals surface area contributed by atoms with Crippen molar-refractivity contribution in [3.8, 4) is 12.3 Å². The van der Waals surface area contributed by atoms with Gasteiger partial charge in [-0.25, -0.2) is 13.2 Å². The molecule has 0 fully saturated rings. The van der Waals surface area contributed by atoms with Gasteiger partial charge in [0.05, 0.1) is 28.9 Å². The number of nitrogens with zero attached hydrogens (tertiary/aromatic N) is 2. The molecule has 0 aliphatic heterocycles. The van der Waals surface area contributed by atoms with E-state index in [9.17, 15) is 22.8 Å². The third-order valence-corrected chi connectivity index (χ3v) is 9.89. The maximum atomic E-state index is 12.8. The van der Waals surface area contributed by atoms with E-state index in [1.54, 1.807) is 29.7 Å². The fraction of sp³-hybridized carbons (Fsp3) is 0.385.